The molecule has 3 amide bonds. The second-order valence-electron chi connectivity index (χ2n) is 6.35. The zero-order chi connectivity index (χ0) is 21.7. The molecule has 152 valence electrons. The summed E-state index contributed by atoms with van der Waals surface area (Å²) in [5, 5.41) is 5.00. The summed E-state index contributed by atoms with van der Waals surface area (Å²) in [7, 11) is 0. The molecule has 3 aromatic rings. The van der Waals surface area contributed by atoms with E-state index in [2.05, 4.69) is 10.6 Å². The zero-order valence-corrected chi connectivity index (χ0v) is 15.9. The van der Waals surface area contributed by atoms with Gasteiger partial charge in [-0.3, -0.25) is 14.4 Å². The van der Waals surface area contributed by atoms with Gasteiger partial charge < -0.3 is 21.1 Å². The number of rotatable bonds is 6. The lowest BCUT2D eigenvalue weighted by Crippen LogP contribution is -2.13. The van der Waals surface area contributed by atoms with Crippen molar-refractivity contribution in [3.05, 3.63) is 83.7 Å². The molecule has 0 saturated carbocycles. The summed E-state index contributed by atoms with van der Waals surface area (Å²) in [5.41, 5.74) is 6.24. The van der Waals surface area contributed by atoms with Crippen LogP contribution >= 0.6 is 0 Å². The van der Waals surface area contributed by atoms with Crippen molar-refractivity contribution in [2.24, 2.45) is 5.73 Å². The van der Waals surface area contributed by atoms with Crippen LogP contribution in [-0.4, -0.2) is 17.7 Å². The Morgan fingerprint density at radius 2 is 1.40 bits per heavy atom. The molecule has 0 heterocycles. The van der Waals surface area contributed by atoms with Crippen LogP contribution in [0.4, 0.5) is 15.8 Å². The first kappa shape index (κ1) is 20.5. The molecule has 0 atom stereocenters. The molecule has 3 aromatic carbocycles. The quantitative estimate of drug-likeness (QED) is 0.575. The van der Waals surface area contributed by atoms with Crippen LogP contribution in [0.25, 0.3) is 0 Å². The SMILES string of the molecule is CC(=O)Nc1cc(NC(=O)c2ccc(Oc3ccc(C(N)=O)cc3)cc2)ccc1F. The fraction of sp³-hybridized carbons (Fsp3) is 0.0455. The minimum atomic E-state index is -0.603. The Morgan fingerprint density at radius 1 is 0.833 bits per heavy atom. The monoisotopic (exact) mass is 407 g/mol. The van der Waals surface area contributed by atoms with Crippen LogP contribution in [0, 0.1) is 5.82 Å². The van der Waals surface area contributed by atoms with E-state index in [0.717, 1.165) is 6.07 Å². The maximum Gasteiger partial charge on any atom is 0.255 e. The van der Waals surface area contributed by atoms with Gasteiger partial charge in [0.15, 0.2) is 0 Å². The molecule has 7 nitrogen and oxygen atoms in total. The number of carbonyl (C=O) groups excluding carboxylic acids is 3. The molecule has 30 heavy (non-hydrogen) atoms. The van der Waals surface area contributed by atoms with Crippen molar-refractivity contribution in [3.63, 3.8) is 0 Å². The molecule has 0 saturated heterocycles. The van der Waals surface area contributed by atoms with Crippen LogP contribution < -0.4 is 21.1 Å². The average Bonchev–Trinajstić information content (AvgIpc) is 2.71. The number of benzene rings is 3. The van der Waals surface area contributed by atoms with Gasteiger partial charge >= 0.3 is 0 Å². The number of hydrogen-bond donors (Lipinski definition) is 3. The highest BCUT2D eigenvalue weighted by atomic mass is 19.1. The summed E-state index contributed by atoms with van der Waals surface area (Å²) in [6.07, 6.45) is 0. The van der Waals surface area contributed by atoms with Crippen LogP contribution in [0.1, 0.15) is 27.6 Å². The van der Waals surface area contributed by atoms with E-state index in [4.69, 9.17) is 10.5 Å². The molecule has 0 radical (unpaired) electrons. The van der Waals surface area contributed by atoms with E-state index in [0.29, 0.717) is 28.3 Å². The van der Waals surface area contributed by atoms with Gasteiger partial charge in [-0.1, -0.05) is 0 Å². The molecule has 3 rings (SSSR count). The Labute approximate surface area is 171 Å². The van der Waals surface area contributed by atoms with Crippen LogP contribution in [0.5, 0.6) is 11.5 Å². The summed E-state index contributed by atoms with van der Waals surface area (Å²) >= 11 is 0. The molecule has 0 aliphatic rings. The van der Waals surface area contributed by atoms with Gasteiger partial charge in [0.1, 0.15) is 17.3 Å². The molecular formula is C22H18FN3O4. The van der Waals surface area contributed by atoms with Crippen LogP contribution in [0.2, 0.25) is 0 Å². The molecule has 8 heteroatoms. The standard InChI is InChI=1S/C22H18FN3O4/c1-13(27)25-20-12-16(6-11-19(20)23)26-22(29)15-4-9-18(10-5-15)30-17-7-2-14(3-8-17)21(24)28/h2-12H,1H3,(H2,24,28)(H,25,27)(H,26,29). The lowest BCUT2D eigenvalue weighted by Gasteiger charge is -2.10. The van der Waals surface area contributed by atoms with Crippen molar-refractivity contribution in [2.45, 2.75) is 6.92 Å². The fourth-order valence-corrected chi connectivity index (χ4v) is 2.59. The maximum absolute atomic E-state index is 13.7. The maximum atomic E-state index is 13.7. The Morgan fingerprint density at radius 3 is 1.93 bits per heavy atom. The highest BCUT2D eigenvalue weighted by Gasteiger charge is 2.10. The van der Waals surface area contributed by atoms with Gasteiger partial charge in [-0.15, -0.1) is 0 Å². The Hall–Kier alpha value is -4.20. The van der Waals surface area contributed by atoms with Crippen molar-refractivity contribution in [2.75, 3.05) is 10.6 Å². The van der Waals surface area contributed by atoms with E-state index in [-0.39, 0.29) is 5.69 Å². The Kier molecular flexibility index (Phi) is 6.07. The van der Waals surface area contributed by atoms with E-state index < -0.39 is 23.5 Å². The van der Waals surface area contributed by atoms with Gasteiger partial charge in [-0.05, 0) is 66.7 Å². The van der Waals surface area contributed by atoms with Gasteiger partial charge in [-0.2, -0.15) is 0 Å². The molecule has 0 bridgehead atoms. The summed E-state index contributed by atoms with van der Waals surface area (Å²) in [4.78, 5) is 34.7. The number of nitrogens with one attached hydrogen (secondary N) is 2. The minimum Gasteiger partial charge on any atom is -0.457 e. The first-order valence-corrected chi connectivity index (χ1v) is 8.88. The first-order valence-electron chi connectivity index (χ1n) is 8.88. The number of halogens is 1. The van der Waals surface area contributed by atoms with Crippen molar-refractivity contribution < 1.29 is 23.5 Å². The zero-order valence-electron chi connectivity index (χ0n) is 15.9. The van der Waals surface area contributed by atoms with E-state index in [1.165, 1.54) is 19.1 Å². The van der Waals surface area contributed by atoms with Crippen LogP contribution in [0.3, 0.4) is 0 Å². The molecule has 0 aliphatic carbocycles. The topological polar surface area (TPSA) is 111 Å². The summed E-state index contributed by atoms with van der Waals surface area (Å²) in [6, 6.07) is 16.6. The normalized spacial score (nSPS) is 10.2. The predicted octanol–water partition coefficient (Wildman–Crippen LogP) is 3.93. The molecule has 0 aromatic heterocycles. The van der Waals surface area contributed by atoms with E-state index in [1.54, 1.807) is 48.5 Å². The van der Waals surface area contributed by atoms with Crippen LogP contribution in [0.15, 0.2) is 66.7 Å². The Balaban J connectivity index is 1.66. The average molecular weight is 407 g/mol. The molecule has 0 aliphatic heterocycles. The number of ether oxygens (including phenoxy) is 1. The van der Waals surface area contributed by atoms with Crippen molar-refractivity contribution >= 4 is 29.1 Å². The number of amides is 3. The van der Waals surface area contributed by atoms with Gasteiger partial charge in [0.05, 0.1) is 5.69 Å². The van der Waals surface area contributed by atoms with E-state index in [1.807, 2.05) is 0 Å². The number of carbonyl (C=O) groups is 3. The largest absolute Gasteiger partial charge is 0.457 e. The molecule has 0 unspecified atom stereocenters. The van der Waals surface area contributed by atoms with Gasteiger partial charge in [0, 0.05) is 23.7 Å². The molecular weight excluding hydrogens is 389 g/mol. The van der Waals surface area contributed by atoms with Gasteiger partial charge in [-0.25, -0.2) is 4.39 Å². The van der Waals surface area contributed by atoms with Crippen LogP contribution in [-0.2, 0) is 4.79 Å². The lowest BCUT2D eigenvalue weighted by atomic mass is 10.2. The van der Waals surface area contributed by atoms with Gasteiger partial charge in [0.2, 0.25) is 11.8 Å². The number of anilines is 2. The molecule has 4 N–H and O–H groups in total. The highest BCUT2D eigenvalue weighted by Crippen LogP contribution is 2.23. The number of nitrogens with two attached hydrogens (primary N) is 1. The number of hydrogen-bond acceptors (Lipinski definition) is 4. The predicted molar refractivity (Wildman–Crippen MR) is 110 cm³/mol. The molecule has 0 fully saturated rings. The lowest BCUT2D eigenvalue weighted by molar-refractivity contribution is -0.114. The third kappa shape index (κ3) is 5.20. The minimum absolute atomic E-state index is 0.0218. The Bertz CT molecular complexity index is 1100. The van der Waals surface area contributed by atoms with Crippen molar-refractivity contribution in [1.29, 1.82) is 0 Å². The highest BCUT2D eigenvalue weighted by molar-refractivity contribution is 6.04. The fourth-order valence-electron chi connectivity index (χ4n) is 2.59. The van der Waals surface area contributed by atoms with Crippen molar-refractivity contribution in [3.8, 4) is 11.5 Å². The summed E-state index contributed by atoms with van der Waals surface area (Å²) in [5.74, 6) is -0.956. The summed E-state index contributed by atoms with van der Waals surface area (Å²) in [6.45, 7) is 1.26. The van der Waals surface area contributed by atoms with E-state index in [9.17, 15) is 18.8 Å². The molecule has 0 spiro atoms. The van der Waals surface area contributed by atoms with E-state index >= 15 is 0 Å². The number of primary amides is 1. The summed E-state index contributed by atoms with van der Waals surface area (Å²) < 4.78 is 19.4. The third-order valence-electron chi connectivity index (χ3n) is 4.03. The smallest absolute Gasteiger partial charge is 0.255 e. The second-order valence-corrected chi connectivity index (χ2v) is 6.35. The second kappa shape index (κ2) is 8.87. The van der Waals surface area contributed by atoms with Gasteiger partial charge in [0.25, 0.3) is 5.91 Å². The first-order chi connectivity index (χ1) is 14.3. The third-order valence-corrected chi connectivity index (χ3v) is 4.03. The van der Waals surface area contributed by atoms with Crippen molar-refractivity contribution in [1.82, 2.24) is 0 Å².